The molecule has 0 heterocycles. The number of rotatable bonds is 5. The molecule has 7 heteroatoms. The number of halogens is 3. The maximum Gasteiger partial charge on any atom is 0.255 e. The third-order valence-electron chi connectivity index (χ3n) is 3.33. The van der Waals surface area contributed by atoms with Crippen LogP contribution in [0.1, 0.15) is 17.3 Å². The summed E-state index contributed by atoms with van der Waals surface area (Å²) in [6, 6.07) is 12.0. The highest BCUT2D eigenvalue weighted by Gasteiger charge is 2.20. The van der Waals surface area contributed by atoms with Gasteiger partial charge in [-0.2, -0.15) is 0 Å². The third kappa shape index (κ3) is 4.50. The summed E-state index contributed by atoms with van der Waals surface area (Å²) in [6.45, 7) is 2.10. The Bertz CT molecular complexity index is 748. The van der Waals surface area contributed by atoms with Crippen LogP contribution in [-0.2, 0) is 4.79 Å². The number of carbonyl (C=O) groups excluding carboxylic acids is 2. The Hall–Kier alpha value is -1.56. The van der Waals surface area contributed by atoms with Crippen LogP contribution in [-0.4, -0.2) is 29.8 Å². The maximum absolute atomic E-state index is 12.6. The Kier molecular flexibility index (Phi) is 6.66. The van der Waals surface area contributed by atoms with Gasteiger partial charge in [0.1, 0.15) is 6.54 Å². The molecule has 2 amide bonds. The minimum Gasteiger partial charge on any atom is -0.330 e. The minimum atomic E-state index is -0.368. The van der Waals surface area contributed by atoms with Gasteiger partial charge in [-0.25, -0.2) is 0 Å². The molecule has 4 nitrogen and oxygen atoms in total. The summed E-state index contributed by atoms with van der Waals surface area (Å²) in [7, 11) is 0. The first-order chi connectivity index (χ1) is 11.4. The Morgan fingerprint density at radius 2 is 1.71 bits per heavy atom. The normalized spacial score (nSPS) is 10.3. The summed E-state index contributed by atoms with van der Waals surface area (Å²) in [6.07, 6.45) is 0. The molecule has 24 heavy (non-hydrogen) atoms. The van der Waals surface area contributed by atoms with E-state index in [0.717, 1.165) is 0 Å². The van der Waals surface area contributed by atoms with E-state index in [2.05, 4.69) is 21.2 Å². The van der Waals surface area contributed by atoms with E-state index < -0.39 is 0 Å². The first kappa shape index (κ1) is 18.8. The van der Waals surface area contributed by atoms with Crippen molar-refractivity contribution in [1.82, 2.24) is 4.90 Å². The molecule has 0 aliphatic carbocycles. The third-order valence-corrected chi connectivity index (χ3v) is 4.66. The van der Waals surface area contributed by atoms with Crippen LogP contribution in [0, 0.1) is 0 Å². The van der Waals surface area contributed by atoms with Crippen LogP contribution in [0.3, 0.4) is 0 Å². The SMILES string of the molecule is CCN(CC(=O)Nc1c(Cl)cccc1Cl)C(=O)c1ccccc1Br. The van der Waals surface area contributed by atoms with E-state index >= 15 is 0 Å². The topological polar surface area (TPSA) is 49.4 Å². The van der Waals surface area contributed by atoms with E-state index in [1.165, 1.54) is 4.90 Å². The average Bonchev–Trinajstić information content (AvgIpc) is 2.56. The van der Waals surface area contributed by atoms with Gasteiger partial charge >= 0.3 is 0 Å². The highest BCUT2D eigenvalue weighted by Crippen LogP contribution is 2.29. The molecular weight excluding hydrogens is 415 g/mol. The van der Waals surface area contributed by atoms with Crippen LogP contribution < -0.4 is 5.32 Å². The number of hydrogen-bond donors (Lipinski definition) is 1. The van der Waals surface area contributed by atoms with Gasteiger partial charge in [-0.3, -0.25) is 9.59 Å². The molecule has 1 N–H and O–H groups in total. The van der Waals surface area contributed by atoms with Gasteiger partial charge in [0, 0.05) is 11.0 Å². The van der Waals surface area contributed by atoms with Crippen molar-refractivity contribution >= 4 is 56.6 Å². The smallest absolute Gasteiger partial charge is 0.255 e. The van der Waals surface area contributed by atoms with Gasteiger partial charge in [-0.15, -0.1) is 0 Å². The zero-order chi connectivity index (χ0) is 17.7. The first-order valence-corrected chi connectivity index (χ1v) is 8.76. The van der Waals surface area contributed by atoms with E-state index in [4.69, 9.17) is 23.2 Å². The molecule has 0 saturated carbocycles. The van der Waals surface area contributed by atoms with Crippen molar-refractivity contribution in [1.29, 1.82) is 0 Å². The Morgan fingerprint density at radius 1 is 1.08 bits per heavy atom. The number of likely N-dealkylation sites (N-methyl/N-ethyl adjacent to an activating group) is 1. The molecule has 2 rings (SSSR count). The monoisotopic (exact) mass is 428 g/mol. The molecule has 126 valence electrons. The highest BCUT2D eigenvalue weighted by atomic mass is 79.9. The van der Waals surface area contributed by atoms with Crippen molar-refractivity contribution in [2.45, 2.75) is 6.92 Å². The predicted octanol–water partition coefficient (Wildman–Crippen LogP) is 4.86. The summed E-state index contributed by atoms with van der Waals surface area (Å²) in [5.74, 6) is -0.599. The van der Waals surface area contributed by atoms with Gasteiger partial charge in [-0.05, 0) is 47.1 Å². The Labute approximate surface area is 158 Å². The van der Waals surface area contributed by atoms with Crippen molar-refractivity contribution in [3.05, 3.63) is 62.5 Å². The van der Waals surface area contributed by atoms with E-state index in [1.54, 1.807) is 36.4 Å². The van der Waals surface area contributed by atoms with Gasteiger partial charge in [-0.1, -0.05) is 41.4 Å². The number of nitrogens with one attached hydrogen (secondary N) is 1. The van der Waals surface area contributed by atoms with Crippen LogP contribution in [0.25, 0.3) is 0 Å². The van der Waals surface area contributed by atoms with Crippen LogP contribution in [0.15, 0.2) is 46.9 Å². The van der Waals surface area contributed by atoms with Crippen molar-refractivity contribution in [3.8, 4) is 0 Å². The zero-order valence-corrected chi connectivity index (χ0v) is 16.0. The van der Waals surface area contributed by atoms with E-state index in [-0.39, 0.29) is 18.4 Å². The summed E-state index contributed by atoms with van der Waals surface area (Å²) in [5.41, 5.74) is 0.846. The van der Waals surface area contributed by atoms with Crippen molar-refractivity contribution in [2.24, 2.45) is 0 Å². The lowest BCUT2D eigenvalue weighted by molar-refractivity contribution is -0.116. The van der Waals surface area contributed by atoms with Crippen LogP contribution in [0.4, 0.5) is 5.69 Å². The molecule has 0 unspecified atom stereocenters. The Balaban J connectivity index is 2.11. The summed E-state index contributed by atoms with van der Waals surface area (Å²) < 4.78 is 0.683. The van der Waals surface area contributed by atoms with Crippen molar-refractivity contribution in [2.75, 3.05) is 18.4 Å². The molecule has 0 bridgehead atoms. The fraction of sp³-hybridized carbons (Fsp3) is 0.176. The van der Waals surface area contributed by atoms with Gasteiger partial charge in [0.2, 0.25) is 5.91 Å². The number of benzene rings is 2. The van der Waals surface area contributed by atoms with Gasteiger partial charge in [0.15, 0.2) is 0 Å². The zero-order valence-electron chi connectivity index (χ0n) is 12.9. The fourth-order valence-electron chi connectivity index (χ4n) is 2.10. The molecule has 0 saturated heterocycles. The lowest BCUT2D eigenvalue weighted by Gasteiger charge is -2.21. The average molecular weight is 430 g/mol. The quantitative estimate of drug-likeness (QED) is 0.737. The van der Waals surface area contributed by atoms with E-state index in [0.29, 0.717) is 32.3 Å². The summed E-state index contributed by atoms with van der Waals surface area (Å²) in [5, 5.41) is 3.34. The van der Waals surface area contributed by atoms with E-state index in [1.807, 2.05) is 13.0 Å². The minimum absolute atomic E-state index is 0.0990. The number of para-hydroxylation sites is 1. The maximum atomic E-state index is 12.6. The highest BCUT2D eigenvalue weighted by molar-refractivity contribution is 9.10. The van der Waals surface area contributed by atoms with Crippen LogP contribution in [0.2, 0.25) is 10.0 Å². The van der Waals surface area contributed by atoms with Crippen molar-refractivity contribution in [3.63, 3.8) is 0 Å². The van der Waals surface area contributed by atoms with Crippen molar-refractivity contribution < 1.29 is 9.59 Å². The number of anilines is 1. The number of nitrogens with zero attached hydrogens (tertiary/aromatic N) is 1. The largest absolute Gasteiger partial charge is 0.330 e. The lowest BCUT2D eigenvalue weighted by atomic mass is 10.2. The molecule has 0 aromatic heterocycles. The lowest BCUT2D eigenvalue weighted by Crippen LogP contribution is -2.38. The van der Waals surface area contributed by atoms with Gasteiger partial charge in [0.25, 0.3) is 5.91 Å². The second-order valence-electron chi connectivity index (χ2n) is 4.94. The number of hydrogen-bond acceptors (Lipinski definition) is 2. The molecule has 0 radical (unpaired) electrons. The molecule has 2 aromatic carbocycles. The van der Waals surface area contributed by atoms with Crippen LogP contribution in [0.5, 0.6) is 0 Å². The first-order valence-electron chi connectivity index (χ1n) is 7.21. The Morgan fingerprint density at radius 3 is 2.29 bits per heavy atom. The standard InChI is InChI=1S/C17H15BrCl2N2O2/c1-2-22(17(24)11-6-3-4-7-12(11)18)10-15(23)21-16-13(19)8-5-9-14(16)20/h3-9H,2,10H2,1H3,(H,21,23). The number of carbonyl (C=O) groups is 2. The predicted molar refractivity (Wildman–Crippen MR) is 101 cm³/mol. The second-order valence-corrected chi connectivity index (χ2v) is 6.61. The molecule has 2 aromatic rings. The summed E-state index contributed by atoms with van der Waals surface area (Å²) >= 11 is 15.4. The fourth-order valence-corrected chi connectivity index (χ4v) is 3.05. The molecule has 0 aliphatic heterocycles. The molecule has 0 fully saturated rings. The molecule has 0 atom stereocenters. The molecule has 0 aliphatic rings. The van der Waals surface area contributed by atoms with E-state index in [9.17, 15) is 9.59 Å². The second kappa shape index (κ2) is 8.51. The van der Waals surface area contributed by atoms with Crippen LogP contribution >= 0.6 is 39.1 Å². The molecule has 0 spiro atoms. The number of amides is 2. The summed E-state index contributed by atoms with van der Waals surface area (Å²) in [4.78, 5) is 26.3. The van der Waals surface area contributed by atoms with Gasteiger partial charge < -0.3 is 10.2 Å². The van der Waals surface area contributed by atoms with Gasteiger partial charge in [0.05, 0.1) is 21.3 Å². The molecular formula is C17H15BrCl2N2O2.